The van der Waals surface area contributed by atoms with Gasteiger partial charge in [0.05, 0.1) is 5.69 Å². The van der Waals surface area contributed by atoms with Crippen LogP contribution in [0.2, 0.25) is 0 Å². The zero-order valence-electron chi connectivity index (χ0n) is 14.4. The molecule has 7 heteroatoms. The first-order valence-corrected chi connectivity index (χ1v) is 7.78. The number of carbonyl (C=O) groups is 2. The van der Waals surface area contributed by atoms with Crippen LogP contribution in [0.4, 0.5) is 16.2 Å². The van der Waals surface area contributed by atoms with Crippen LogP contribution in [-0.2, 0) is 11.2 Å². The van der Waals surface area contributed by atoms with Crippen molar-refractivity contribution in [3.8, 4) is 0 Å². The zero-order valence-corrected chi connectivity index (χ0v) is 14.4. The standard InChI is InChI=1S/C17H23N5O2/c1-11(9-15-10-12(2)20-21-15)18-17(24)19-14-5-7-16(8-6-14)22(4)13(3)23/h5-8,10-11H,9H2,1-4H3,(H,20,21)(H2,18,19,24)/t11-/m1/s1. The number of H-pyrrole nitrogens is 1. The minimum Gasteiger partial charge on any atom is -0.335 e. The lowest BCUT2D eigenvalue weighted by Gasteiger charge is -2.16. The molecule has 3 amide bonds. The molecule has 0 bridgehead atoms. The van der Waals surface area contributed by atoms with Crippen LogP contribution in [0, 0.1) is 6.92 Å². The molecule has 7 nitrogen and oxygen atoms in total. The van der Waals surface area contributed by atoms with Gasteiger partial charge in [-0.15, -0.1) is 0 Å². The molecular weight excluding hydrogens is 306 g/mol. The second-order valence-corrected chi connectivity index (χ2v) is 5.87. The van der Waals surface area contributed by atoms with Gasteiger partial charge in [0.15, 0.2) is 0 Å². The van der Waals surface area contributed by atoms with E-state index in [1.807, 2.05) is 19.9 Å². The lowest BCUT2D eigenvalue weighted by molar-refractivity contribution is -0.116. The molecule has 24 heavy (non-hydrogen) atoms. The molecule has 1 aromatic heterocycles. The first-order valence-electron chi connectivity index (χ1n) is 7.78. The molecule has 0 fully saturated rings. The average Bonchev–Trinajstić information content (AvgIpc) is 2.91. The van der Waals surface area contributed by atoms with E-state index in [2.05, 4.69) is 20.8 Å². The zero-order chi connectivity index (χ0) is 17.7. The van der Waals surface area contributed by atoms with Crippen LogP contribution < -0.4 is 15.5 Å². The second-order valence-electron chi connectivity index (χ2n) is 5.87. The van der Waals surface area contributed by atoms with E-state index >= 15 is 0 Å². The van der Waals surface area contributed by atoms with Gasteiger partial charge in [-0.2, -0.15) is 5.10 Å². The summed E-state index contributed by atoms with van der Waals surface area (Å²) in [4.78, 5) is 24.9. The topological polar surface area (TPSA) is 90.1 Å². The van der Waals surface area contributed by atoms with Gasteiger partial charge >= 0.3 is 6.03 Å². The summed E-state index contributed by atoms with van der Waals surface area (Å²) in [5, 5.41) is 12.7. The first-order chi connectivity index (χ1) is 11.3. The Morgan fingerprint density at radius 2 is 1.96 bits per heavy atom. The maximum atomic E-state index is 12.0. The van der Waals surface area contributed by atoms with Crippen LogP contribution in [0.1, 0.15) is 25.2 Å². The Labute approximate surface area is 141 Å². The third-order valence-corrected chi connectivity index (χ3v) is 3.64. The monoisotopic (exact) mass is 329 g/mol. The normalized spacial score (nSPS) is 11.7. The summed E-state index contributed by atoms with van der Waals surface area (Å²) in [6.45, 7) is 5.37. The number of benzene rings is 1. The van der Waals surface area contributed by atoms with Crippen molar-refractivity contribution in [2.45, 2.75) is 33.2 Å². The Kier molecular flexibility index (Phi) is 5.57. The number of aromatic amines is 1. The lowest BCUT2D eigenvalue weighted by atomic mass is 10.2. The van der Waals surface area contributed by atoms with Crippen molar-refractivity contribution in [3.05, 3.63) is 41.7 Å². The van der Waals surface area contributed by atoms with Gasteiger partial charge in [-0.25, -0.2) is 4.79 Å². The summed E-state index contributed by atoms with van der Waals surface area (Å²) in [6.07, 6.45) is 0.653. The molecular formula is C17H23N5O2. The van der Waals surface area contributed by atoms with Crippen LogP contribution in [-0.4, -0.2) is 35.2 Å². The molecule has 3 N–H and O–H groups in total. The van der Waals surface area contributed by atoms with Gasteiger partial charge in [-0.3, -0.25) is 9.89 Å². The Morgan fingerprint density at radius 3 is 2.50 bits per heavy atom. The SMILES string of the molecule is CC(=O)N(C)c1ccc(NC(=O)N[C@H](C)Cc2cc(C)[nH]n2)cc1. The number of hydrogen-bond acceptors (Lipinski definition) is 3. The van der Waals surface area contributed by atoms with Crippen LogP contribution >= 0.6 is 0 Å². The summed E-state index contributed by atoms with van der Waals surface area (Å²) in [6, 6.07) is 8.73. The van der Waals surface area contributed by atoms with Gasteiger partial charge in [0.2, 0.25) is 5.91 Å². The largest absolute Gasteiger partial charge is 0.335 e. The quantitative estimate of drug-likeness (QED) is 0.787. The Morgan fingerprint density at radius 1 is 1.29 bits per heavy atom. The number of hydrogen-bond donors (Lipinski definition) is 3. The summed E-state index contributed by atoms with van der Waals surface area (Å²) >= 11 is 0. The molecule has 0 aliphatic rings. The van der Waals surface area contributed by atoms with Crippen molar-refractivity contribution in [1.29, 1.82) is 0 Å². The second kappa shape index (κ2) is 7.63. The van der Waals surface area contributed by atoms with Crippen LogP contribution in [0.25, 0.3) is 0 Å². The molecule has 0 radical (unpaired) electrons. The predicted molar refractivity (Wildman–Crippen MR) is 94.2 cm³/mol. The van der Waals surface area contributed by atoms with E-state index in [1.54, 1.807) is 31.3 Å². The fourth-order valence-electron chi connectivity index (χ4n) is 2.28. The predicted octanol–water partition coefficient (Wildman–Crippen LogP) is 2.45. The number of nitrogens with zero attached hydrogens (tertiary/aromatic N) is 2. The smallest absolute Gasteiger partial charge is 0.319 e. The van der Waals surface area contributed by atoms with E-state index in [1.165, 1.54) is 11.8 Å². The van der Waals surface area contributed by atoms with Crippen molar-refractivity contribution < 1.29 is 9.59 Å². The number of urea groups is 1. The highest BCUT2D eigenvalue weighted by atomic mass is 16.2. The van der Waals surface area contributed by atoms with Crippen molar-refractivity contribution in [2.24, 2.45) is 0 Å². The fourth-order valence-corrected chi connectivity index (χ4v) is 2.28. The summed E-state index contributed by atoms with van der Waals surface area (Å²) in [5.74, 6) is -0.0455. The van der Waals surface area contributed by atoms with Crippen LogP contribution in [0.3, 0.4) is 0 Å². The van der Waals surface area contributed by atoms with Gasteiger partial charge < -0.3 is 15.5 Å². The lowest BCUT2D eigenvalue weighted by Crippen LogP contribution is -2.37. The Hall–Kier alpha value is -2.83. The maximum absolute atomic E-state index is 12.0. The molecule has 2 aromatic rings. The van der Waals surface area contributed by atoms with E-state index in [-0.39, 0.29) is 18.0 Å². The highest BCUT2D eigenvalue weighted by Gasteiger charge is 2.10. The Bertz CT molecular complexity index is 708. The van der Waals surface area contributed by atoms with E-state index in [0.29, 0.717) is 12.1 Å². The fraction of sp³-hybridized carbons (Fsp3) is 0.353. The summed E-state index contributed by atoms with van der Waals surface area (Å²) < 4.78 is 0. The first kappa shape index (κ1) is 17.5. The van der Waals surface area contributed by atoms with Gasteiger partial charge in [-0.05, 0) is 44.2 Å². The number of aromatic nitrogens is 2. The number of aryl methyl sites for hydroxylation is 1. The number of rotatable bonds is 5. The molecule has 0 spiro atoms. The number of amides is 3. The molecule has 1 aromatic carbocycles. The van der Waals surface area contributed by atoms with Gasteiger partial charge in [-0.1, -0.05) is 0 Å². The van der Waals surface area contributed by atoms with E-state index in [4.69, 9.17) is 0 Å². The molecule has 0 saturated carbocycles. The minimum atomic E-state index is -0.276. The third kappa shape index (κ3) is 4.84. The van der Waals surface area contributed by atoms with Gasteiger partial charge in [0.1, 0.15) is 0 Å². The van der Waals surface area contributed by atoms with Crippen molar-refractivity contribution in [3.63, 3.8) is 0 Å². The molecule has 0 unspecified atom stereocenters. The van der Waals surface area contributed by atoms with Crippen molar-refractivity contribution in [2.75, 3.05) is 17.3 Å². The highest BCUT2D eigenvalue weighted by molar-refractivity contribution is 5.92. The van der Waals surface area contributed by atoms with Gasteiger partial charge in [0.25, 0.3) is 0 Å². The molecule has 1 heterocycles. The molecule has 0 aliphatic heterocycles. The number of nitrogens with one attached hydrogen (secondary N) is 3. The van der Waals surface area contributed by atoms with Crippen molar-refractivity contribution >= 4 is 23.3 Å². The van der Waals surface area contributed by atoms with Crippen molar-refractivity contribution in [1.82, 2.24) is 15.5 Å². The number of anilines is 2. The minimum absolute atomic E-state index is 0.0455. The molecule has 2 rings (SSSR count). The molecule has 0 aliphatic carbocycles. The third-order valence-electron chi connectivity index (χ3n) is 3.64. The van der Waals surface area contributed by atoms with E-state index in [0.717, 1.165) is 17.1 Å². The van der Waals surface area contributed by atoms with Gasteiger partial charge in [0, 0.05) is 43.5 Å². The summed E-state index contributed by atoms with van der Waals surface area (Å²) in [5.41, 5.74) is 3.35. The highest BCUT2D eigenvalue weighted by Crippen LogP contribution is 2.16. The van der Waals surface area contributed by atoms with E-state index in [9.17, 15) is 9.59 Å². The average molecular weight is 329 g/mol. The maximum Gasteiger partial charge on any atom is 0.319 e. The summed E-state index contributed by atoms with van der Waals surface area (Å²) in [7, 11) is 1.70. The number of carbonyl (C=O) groups excluding carboxylic acids is 2. The van der Waals surface area contributed by atoms with Crippen LogP contribution in [0.15, 0.2) is 30.3 Å². The molecule has 0 saturated heterocycles. The van der Waals surface area contributed by atoms with Crippen LogP contribution in [0.5, 0.6) is 0 Å². The Balaban J connectivity index is 1.86. The van der Waals surface area contributed by atoms with E-state index < -0.39 is 0 Å². The molecule has 128 valence electrons. The molecule has 1 atom stereocenters.